The first-order valence-corrected chi connectivity index (χ1v) is 25.4. The van der Waals surface area contributed by atoms with Crippen molar-refractivity contribution in [1.29, 1.82) is 0 Å². The van der Waals surface area contributed by atoms with Gasteiger partial charge < -0.3 is 64.2 Å². The molecule has 0 amide bonds. The van der Waals surface area contributed by atoms with Gasteiger partial charge in [0.05, 0.1) is 26.4 Å². The zero-order valence-electron chi connectivity index (χ0n) is 39.8. The summed E-state index contributed by atoms with van der Waals surface area (Å²) in [6.45, 7) is 3.66. The third-order valence-corrected chi connectivity index (χ3v) is 12.2. The summed E-state index contributed by atoms with van der Waals surface area (Å²) in [6, 6.07) is 0. The SMILES string of the molecule is CCCCCC/C=C\C/C=C\CCCCCCCCCCOCC(COC1OC(COC2OC(CO)C(O)C(O)C2O)C(O)C(O)C1O)OC(=O)CCCCCCCCCCCCC. The third-order valence-electron chi connectivity index (χ3n) is 12.2. The number of carbonyl (C=O) groups excluding carboxylic acids is 1. The molecule has 2 heterocycles. The number of esters is 1. The highest BCUT2D eigenvalue weighted by Crippen LogP contribution is 2.26. The third kappa shape index (κ3) is 26.1. The summed E-state index contributed by atoms with van der Waals surface area (Å²) in [5.41, 5.74) is 0. The first-order chi connectivity index (χ1) is 31.1. The Labute approximate surface area is 386 Å². The van der Waals surface area contributed by atoms with Gasteiger partial charge in [0.25, 0.3) is 0 Å². The van der Waals surface area contributed by atoms with Crippen molar-refractivity contribution in [2.45, 2.75) is 255 Å². The Hall–Kier alpha value is -1.53. The predicted molar refractivity (Wildman–Crippen MR) is 247 cm³/mol. The first-order valence-electron chi connectivity index (χ1n) is 25.4. The van der Waals surface area contributed by atoms with Gasteiger partial charge in [0.1, 0.15) is 54.9 Å². The van der Waals surface area contributed by atoms with Gasteiger partial charge in [-0.25, -0.2) is 0 Å². The molecule has 0 aliphatic carbocycles. The van der Waals surface area contributed by atoms with E-state index < -0.39 is 80.7 Å². The minimum absolute atomic E-state index is 0.0609. The predicted octanol–water partition coefficient (Wildman–Crippen LogP) is 7.24. The number of rotatable bonds is 40. The molecule has 2 aliphatic heterocycles. The number of hydrogen-bond donors (Lipinski definition) is 7. The fourth-order valence-electron chi connectivity index (χ4n) is 8.02. The summed E-state index contributed by atoms with van der Waals surface area (Å²) in [7, 11) is 0. The van der Waals surface area contributed by atoms with Gasteiger partial charge in [0.15, 0.2) is 12.6 Å². The summed E-state index contributed by atoms with van der Waals surface area (Å²) in [4.78, 5) is 13.0. The maximum absolute atomic E-state index is 13.0. The lowest BCUT2D eigenvalue weighted by Crippen LogP contribution is -2.61. The molecule has 2 fully saturated rings. The molecule has 2 saturated heterocycles. The Balaban J connectivity index is 1.75. The van der Waals surface area contributed by atoms with E-state index in [1.54, 1.807) is 0 Å². The van der Waals surface area contributed by atoms with Crippen LogP contribution in [0.5, 0.6) is 0 Å². The molecule has 14 nitrogen and oxygen atoms in total. The molecule has 11 unspecified atom stereocenters. The lowest BCUT2D eigenvalue weighted by atomic mass is 9.98. The standard InChI is InChI=1S/C50H92O14/c1-3-5-7-9-11-13-15-16-17-18-19-20-21-22-24-26-28-30-32-34-59-36-39(62-42(52)33-31-29-27-25-23-14-12-10-8-6-4-2)37-60-49-48(58)46(56)44(54)41(64-49)38-61-50-47(57)45(55)43(53)40(35-51)63-50/h13,15,17-18,39-41,43-51,53-58H,3-12,14,16,19-38H2,1-2H3/b15-13-,18-17-. The van der Waals surface area contributed by atoms with E-state index in [0.29, 0.717) is 13.0 Å². The van der Waals surface area contributed by atoms with E-state index in [0.717, 1.165) is 51.4 Å². The van der Waals surface area contributed by atoms with Gasteiger partial charge in [-0.05, 0) is 44.9 Å². The lowest BCUT2D eigenvalue weighted by molar-refractivity contribution is -0.332. The van der Waals surface area contributed by atoms with Crippen LogP contribution in [0.3, 0.4) is 0 Å². The summed E-state index contributed by atoms with van der Waals surface area (Å²) < 4.78 is 34.2. The average molecular weight is 917 g/mol. The molecule has 0 bridgehead atoms. The fourth-order valence-corrected chi connectivity index (χ4v) is 8.02. The summed E-state index contributed by atoms with van der Waals surface area (Å²) in [6.07, 6.45) is 23.8. The Bertz CT molecular complexity index is 1160. The smallest absolute Gasteiger partial charge is 0.306 e. The van der Waals surface area contributed by atoms with Crippen LogP contribution in [0.2, 0.25) is 0 Å². The molecule has 0 spiro atoms. The molecular weight excluding hydrogens is 825 g/mol. The molecule has 0 aromatic carbocycles. The van der Waals surface area contributed by atoms with Gasteiger partial charge >= 0.3 is 5.97 Å². The van der Waals surface area contributed by atoms with E-state index >= 15 is 0 Å². The Morgan fingerprint density at radius 2 is 0.969 bits per heavy atom. The Morgan fingerprint density at radius 3 is 1.52 bits per heavy atom. The molecule has 2 aliphatic rings. The maximum Gasteiger partial charge on any atom is 0.306 e. The molecule has 0 aromatic rings. The van der Waals surface area contributed by atoms with Crippen molar-refractivity contribution in [2.24, 2.45) is 0 Å². The summed E-state index contributed by atoms with van der Waals surface area (Å²) in [5, 5.41) is 72.0. The van der Waals surface area contributed by atoms with Crippen LogP contribution >= 0.6 is 0 Å². The van der Waals surface area contributed by atoms with Crippen molar-refractivity contribution >= 4 is 5.97 Å². The number of allylic oxidation sites excluding steroid dienone is 4. The zero-order valence-corrected chi connectivity index (χ0v) is 39.8. The number of ether oxygens (including phenoxy) is 6. The largest absolute Gasteiger partial charge is 0.457 e. The molecule has 0 aromatic heterocycles. The number of hydrogen-bond acceptors (Lipinski definition) is 14. The van der Waals surface area contributed by atoms with E-state index in [2.05, 4.69) is 38.2 Å². The minimum Gasteiger partial charge on any atom is -0.457 e. The van der Waals surface area contributed by atoms with Crippen LogP contribution in [0, 0.1) is 0 Å². The molecule has 64 heavy (non-hydrogen) atoms. The number of aliphatic hydroxyl groups is 7. The van der Waals surface area contributed by atoms with E-state index in [-0.39, 0.29) is 25.6 Å². The highest BCUT2D eigenvalue weighted by atomic mass is 16.7. The Kier molecular flexibility index (Phi) is 35.2. The van der Waals surface area contributed by atoms with Crippen LogP contribution in [0.15, 0.2) is 24.3 Å². The van der Waals surface area contributed by atoms with Crippen LogP contribution in [0.4, 0.5) is 0 Å². The molecule has 376 valence electrons. The number of aliphatic hydroxyl groups excluding tert-OH is 7. The fraction of sp³-hybridized carbons (Fsp3) is 0.900. The topological polar surface area (TPSA) is 214 Å². The maximum atomic E-state index is 13.0. The van der Waals surface area contributed by atoms with Crippen molar-refractivity contribution in [3.8, 4) is 0 Å². The second-order valence-corrected chi connectivity index (χ2v) is 18.0. The average Bonchev–Trinajstić information content (AvgIpc) is 3.29. The van der Waals surface area contributed by atoms with E-state index in [4.69, 9.17) is 28.4 Å². The van der Waals surface area contributed by atoms with Crippen molar-refractivity contribution in [1.82, 2.24) is 0 Å². The van der Waals surface area contributed by atoms with Crippen LogP contribution in [0.1, 0.15) is 187 Å². The molecule has 11 atom stereocenters. The molecule has 14 heteroatoms. The number of carbonyl (C=O) groups is 1. The van der Waals surface area contributed by atoms with Crippen molar-refractivity contribution < 1.29 is 69.0 Å². The summed E-state index contributed by atoms with van der Waals surface area (Å²) >= 11 is 0. The van der Waals surface area contributed by atoms with Crippen LogP contribution in [0.25, 0.3) is 0 Å². The molecule has 7 N–H and O–H groups in total. The monoisotopic (exact) mass is 917 g/mol. The highest BCUT2D eigenvalue weighted by Gasteiger charge is 2.47. The van der Waals surface area contributed by atoms with Crippen LogP contribution in [-0.4, -0.2) is 142 Å². The second kappa shape index (κ2) is 38.4. The van der Waals surface area contributed by atoms with Gasteiger partial charge in [-0.15, -0.1) is 0 Å². The van der Waals surface area contributed by atoms with Crippen molar-refractivity contribution in [3.05, 3.63) is 24.3 Å². The van der Waals surface area contributed by atoms with Gasteiger partial charge in [0, 0.05) is 13.0 Å². The van der Waals surface area contributed by atoms with Crippen LogP contribution in [-0.2, 0) is 33.2 Å². The highest BCUT2D eigenvalue weighted by molar-refractivity contribution is 5.69. The second-order valence-electron chi connectivity index (χ2n) is 18.0. The van der Waals surface area contributed by atoms with E-state index in [9.17, 15) is 40.5 Å². The Morgan fingerprint density at radius 1 is 0.516 bits per heavy atom. The van der Waals surface area contributed by atoms with Crippen molar-refractivity contribution in [3.63, 3.8) is 0 Å². The first kappa shape index (κ1) is 58.6. The van der Waals surface area contributed by atoms with Gasteiger partial charge in [0.2, 0.25) is 0 Å². The van der Waals surface area contributed by atoms with E-state index in [1.807, 2.05) is 0 Å². The quantitative estimate of drug-likeness (QED) is 0.0184. The number of unbranched alkanes of at least 4 members (excludes halogenated alkanes) is 22. The zero-order chi connectivity index (χ0) is 46.6. The molecule has 0 radical (unpaired) electrons. The lowest BCUT2D eigenvalue weighted by Gasteiger charge is -2.42. The molecular formula is C50H92O14. The van der Waals surface area contributed by atoms with Gasteiger partial charge in [-0.2, -0.15) is 0 Å². The molecule has 0 saturated carbocycles. The van der Waals surface area contributed by atoms with Gasteiger partial charge in [-0.1, -0.05) is 160 Å². The minimum atomic E-state index is -1.70. The van der Waals surface area contributed by atoms with Gasteiger partial charge in [-0.3, -0.25) is 4.79 Å². The van der Waals surface area contributed by atoms with E-state index in [1.165, 1.54) is 109 Å². The summed E-state index contributed by atoms with van der Waals surface area (Å²) in [5.74, 6) is -0.379. The van der Waals surface area contributed by atoms with Crippen molar-refractivity contribution in [2.75, 3.05) is 33.0 Å². The normalized spacial score (nSPS) is 26.9. The molecule has 2 rings (SSSR count). The van der Waals surface area contributed by atoms with Crippen LogP contribution < -0.4 is 0 Å².